The molecule has 2 aromatic rings. The minimum atomic E-state index is -6.01. The summed E-state index contributed by atoms with van der Waals surface area (Å²) in [4.78, 5) is 49.0. The van der Waals surface area contributed by atoms with E-state index in [0.717, 1.165) is 6.33 Å². The average molecular weight is 557 g/mol. The zero-order chi connectivity index (χ0) is 26.0. The summed E-state index contributed by atoms with van der Waals surface area (Å²) >= 11 is 0. The van der Waals surface area contributed by atoms with Crippen molar-refractivity contribution in [3.05, 3.63) is 23.1 Å². The molecule has 1 fully saturated rings. The molecule has 4 unspecified atom stereocenters. The first-order valence-electron chi connectivity index (χ1n) is 9.20. The van der Waals surface area contributed by atoms with Gasteiger partial charge in [-0.2, -0.15) is 0 Å². The number of nitrogens with zero attached hydrogens (tertiary/aromatic N) is 7. The van der Waals surface area contributed by atoms with Crippen LogP contribution < -0.4 is 20.4 Å². The molecule has 3 rings (SSSR count). The van der Waals surface area contributed by atoms with E-state index in [1.165, 1.54) is 10.9 Å². The van der Waals surface area contributed by atoms with Crippen LogP contribution in [0.15, 0.2) is 17.8 Å². The highest BCUT2D eigenvalue weighted by atomic mass is 31.3. The zero-order valence-corrected chi connectivity index (χ0v) is 19.8. The number of phosphoric acid groups is 2. The molecule has 20 nitrogen and oxygen atoms in total. The van der Waals surface area contributed by atoms with Crippen molar-refractivity contribution in [3.8, 4) is 0 Å². The zero-order valence-electron chi connectivity index (χ0n) is 17.1. The van der Waals surface area contributed by atoms with Crippen LogP contribution in [0, 0.1) is 0 Å². The van der Waals surface area contributed by atoms with Crippen LogP contribution in [0.2, 0.25) is 0 Å². The van der Waals surface area contributed by atoms with Gasteiger partial charge in [-0.05, 0) is 5.53 Å². The fourth-order valence-electron chi connectivity index (χ4n) is 2.88. The molecular formula is C12H16N8O12P3-3. The quantitative estimate of drug-likeness (QED) is 0.115. The molecule has 0 radical (unpaired) electrons. The van der Waals surface area contributed by atoms with Crippen molar-refractivity contribution in [2.24, 2.45) is 5.11 Å². The van der Waals surface area contributed by atoms with Gasteiger partial charge < -0.3 is 44.5 Å². The second kappa shape index (κ2) is 10.5. The number of aliphatic hydroxyl groups is 2. The molecule has 1 aliphatic rings. The summed E-state index contributed by atoms with van der Waals surface area (Å²) in [5.41, 5.74) is 14.1. The van der Waals surface area contributed by atoms with Crippen LogP contribution in [0.25, 0.3) is 21.6 Å². The largest absolute Gasteiger partial charge is 0.778 e. The van der Waals surface area contributed by atoms with Gasteiger partial charge in [-0.1, -0.05) is 5.11 Å². The number of hydrogen-bond acceptors (Lipinski definition) is 17. The number of rotatable bonds is 11. The number of imidazole rings is 1. The van der Waals surface area contributed by atoms with E-state index in [4.69, 9.17) is 16.0 Å². The third-order valence-corrected chi connectivity index (χ3v) is 8.97. The van der Waals surface area contributed by atoms with Crippen LogP contribution in [-0.4, -0.2) is 67.4 Å². The number of ether oxygens (including phenoxy) is 1. The van der Waals surface area contributed by atoms with Gasteiger partial charge in [-0.3, -0.25) is 18.0 Å². The van der Waals surface area contributed by atoms with Crippen molar-refractivity contribution in [2.75, 3.05) is 25.0 Å². The molecule has 0 aromatic carbocycles. The van der Waals surface area contributed by atoms with E-state index in [9.17, 15) is 38.6 Å². The third-order valence-electron chi connectivity index (χ3n) is 4.36. The van der Waals surface area contributed by atoms with Gasteiger partial charge in [0, 0.05) is 17.6 Å². The summed E-state index contributed by atoms with van der Waals surface area (Å²) in [6, 6.07) is 0. The maximum absolute atomic E-state index is 11.9. The van der Waals surface area contributed by atoms with Gasteiger partial charge in [0.05, 0.1) is 12.9 Å². The molecule has 0 aliphatic carbocycles. The first-order chi connectivity index (χ1) is 16.3. The van der Waals surface area contributed by atoms with Crippen molar-refractivity contribution in [2.45, 2.75) is 24.5 Å². The normalized spacial score (nSPS) is 27.6. The van der Waals surface area contributed by atoms with Crippen molar-refractivity contribution < 1.29 is 56.5 Å². The number of nitrogens with two attached hydrogens (primary N) is 1. The minimum absolute atomic E-state index is 0.0239. The third kappa shape index (κ3) is 6.81. The highest BCUT2D eigenvalue weighted by Crippen LogP contribution is 2.62. The van der Waals surface area contributed by atoms with Gasteiger partial charge in [0.2, 0.25) is 0 Å². The van der Waals surface area contributed by atoms with Gasteiger partial charge in [0.15, 0.2) is 17.7 Å². The molecule has 23 heteroatoms. The molecule has 0 saturated carbocycles. The fraction of sp³-hybridized carbons (Fsp3) is 0.583. The Bertz CT molecular complexity index is 1270. The molecule has 1 aliphatic heterocycles. The van der Waals surface area contributed by atoms with Crippen molar-refractivity contribution >= 4 is 40.2 Å². The molecule has 0 amide bonds. The Kier molecular flexibility index (Phi) is 8.30. The Morgan fingerprint density at radius 1 is 1.17 bits per heavy atom. The van der Waals surface area contributed by atoms with E-state index in [1.54, 1.807) is 0 Å². The molecule has 0 spiro atoms. The maximum atomic E-state index is 11.9. The number of anilines is 1. The van der Waals surface area contributed by atoms with E-state index in [0.29, 0.717) is 0 Å². The number of nitrogen functional groups attached to an aromatic ring is 1. The first kappa shape index (κ1) is 27.6. The molecular weight excluding hydrogens is 541 g/mol. The lowest BCUT2D eigenvalue weighted by Crippen LogP contribution is -2.34. The Labute approximate surface area is 194 Å². The lowest BCUT2D eigenvalue weighted by molar-refractivity contribution is -0.246. The molecule has 0 bridgehead atoms. The van der Waals surface area contributed by atoms with E-state index < -0.39 is 67.1 Å². The van der Waals surface area contributed by atoms with Crippen LogP contribution in [0.5, 0.6) is 0 Å². The number of fused-ring (bicyclic) bond motifs is 1. The second-order valence-corrected chi connectivity index (χ2v) is 11.8. The lowest BCUT2D eigenvalue weighted by Gasteiger charge is -2.35. The Morgan fingerprint density at radius 3 is 2.57 bits per heavy atom. The number of azide groups is 1. The predicted molar refractivity (Wildman–Crippen MR) is 105 cm³/mol. The molecule has 35 heavy (non-hydrogen) atoms. The number of aliphatic hydroxyl groups excluding tert-OH is 2. The predicted octanol–water partition coefficient (Wildman–Crippen LogP) is -2.12. The minimum Gasteiger partial charge on any atom is -0.778 e. The van der Waals surface area contributed by atoms with Crippen LogP contribution in [0.3, 0.4) is 0 Å². The van der Waals surface area contributed by atoms with E-state index in [1.807, 2.05) is 0 Å². The molecule has 1 saturated heterocycles. The smallest absolute Gasteiger partial charge is 0.279 e. The van der Waals surface area contributed by atoms with Crippen molar-refractivity contribution in [1.82, 2.24) is 19.5 Å². The first-order valence-corrected chi connectivity index (χ1v) is 13.8. The molecule has 2 aromatic heterocycles. The summed E-state index contributed by atoms with van der Waals surface area (Å²) in [5, 5.41) is 23.4. The standard InChI is InChI=1S/C12H19N8O12P3/c13-10-7-11(16-4-15-10)20(5-17-7)12-9(22)8(21)6(30-12)3-29-34(25,26)32-35(27,28)31-33(23,24)2-1-18-19-14/h4-6,8-9,12,21-22H,1-3H2,(H,23,24)(H,25,26)(H,27,28)(H2,13,15,16)/p-3/t6-,8?,9+,12-/m1/s1. The summed E-state index contributed by atoms with van der Waals surface area (Å²) < 4.78 is 53.5. The van der Waals surface area contributed by atoms with Crippen LogP contribution in [0.1, 0.15) is 6.23 Å². The van der Waals surface area contributed by atoms with E-state index >= 15 is 0 Å². The Balaban J connectivity index is 1.63. The highest BCUT2D eigenvalue weighted by molar-refractivity contribution is 7.66. The summed E-state index contributed by atoms with van der Waals surface area (Å²) in [7, 11) is -17.0. The van der Waals surface area contributed by atoms with Gasteiger partial charge in [-0.15, -0.1) is 0 Å². The van der Waals surface area contributed by atoms with Crippen LogP contribution in [0.4, 0.5) is 5.82 Å². The van der Waals surface area contributed by atoms with E-state index in [-0.39, 0.29) is 17.0 Å². The second-order valence-electron chi connectivity index (χ2n) is 6.77. The van der Waals surface area contributed by atoms with Gasteiger partial charge in [0.25, 0.3) is 15.6 Å². The monoisotopic (exact) mass is 557 g/mol. The van der Waals surface area contributed by atoms with Gasteiger partial charge in [0.1, 0.15) is 37.8 Å². The Morgan fingerprint density at radius 2 is 1.89 bits per heavy atom. The molecule has 4 N–H and O–H groups in total. The Hall–Kier alpha value is -2.01. The number of aromatic nitrogens is 4. The maximum Gasteiger partial charge on any atom is 0.279 e. The topological polar surface area (TPSA) is 316 Å². The highest BCUT2D eigenvalue weighted by Gasteiger charge is 2.45. The average Bonchev–Trinajstić information content (AvgIpc) is 3.27. The van der Waals surface area contributed by atoms with Crippen molar-refractivity contribution in [1.29, 1.82) is 0 Å². The number of hydrogen-bond donors (Lipinski definition) is 3. The molecule has 3 heterocycles. The summed E-state index contributed by atoms with van der Waals surface area (Å²) in [6.07, 6.45) is -5.00. The summed E-state index contributed by atoms with van der Waals surface area (Å²) in [5.74, 6) is 0.0239. The van der Waals surface area contributed by atoms with Gasteiger partial charge >= 0.3 is 0 Å². The molecule has 194 valence electrons. The fourth-order valence-corrected chi connectivity index (χ4v) is 6.65. The van der Waals surface area contributed by atoms with Gasteiger partial charge in [-0.25, -0.2) is 19.3 Å². The molecule has 7 atom stereocenters. The SMILES string of the molecule is [N-]=[N+]=NCCP(=O)([O-])OP(=O)([O-])OP(=O)([O-])OC[C@H]1O[C@@H](n2cnc3c(N)ncnc32)[C@@H](O)C1O. The van der Waals surface area contributed by atoms with Crippen molar-refractivity contribution in [3.63, 3.8) is 0 Å². The van der Waals surface area contributed by atoms with Crippen LogP contribution in [-0.2, 0) is 31.6 Å². The van der Waals surface area contributed by atoms with Crippen LogP contribution >= 0.6 is 23.2 Å². The lowest BCUT2D eigenvalue weighted by atomic mass is 10.1. The number of phosphoric ester groups is 1. The summed E-state index contributed by atoms with van der Waals surface area (Å²) in [6.45, 7) is -1.74. The van der Waals surface area contributed by atoms with E-state index in [2.05, 4.69) is 38.1 Å².